The van der Waals surface area contributed by atoms with Gasteiger partial charge in [-0.15, -0.1) is 0 Å². The summed E-state index contributed by atoms with van der Waals surface area (Å²) in [6, 6.07) is 3.21. The van der Waals surface area contributed by atoms with E-state index in [0.717, 1.165) is 12.2 Å². The van der Waals surface area contributed by atoms with Crippen molar-refractivity contribution in [1.82, 2.24) is 9.78 Å². The molecule has 0 unspecified atom stereocenters. The Labute approximate surface area is 135 Å². The number of hydrogen-bond donors (Lipinski definition) is 1. The number of carbonyl (C=O) groups excluding carboxylic acids is 1. The van der Waals surface area contributed by atoms with Crippen LogP contribution in [0, 0.1) is 6.92 Å². The Morgan fingerprint density at radius 2 is 1.78 bits per heavy atom. The van der Waals surface area contributed by atoms with E-state index in [2.05, 4.69) is 10.4 Å². The standard InChI is InChI=1S/C16H21N3O4/c1-6-19-10(2)12(9-17-19)18-16(20)11-7-13(21-3)15(23-5)14(8-11)22-4/h7-9H,6H2,1-5H3,(H,18,20). The minimum atomic E-state index is -0.275. The normalized spacial score (nSPS) is 10.3. The van der Waals surface area contributed by atoms with E-state index in [4.69, 9.17) is 14.2 Å². The number of anilines is 1. The number of rotatable bonds is 6. The molecule has 0 spiro atoms. The van der Waals surface area contributed by atoms with Crippen molar-refractivity contribution >= 4 is 11.6 Å². The zero-order valence-corrected chi connectivity index (χ0v) is 14.0. The number of aryl methyl sites for hydroxylation is 1. The third kappa shape index (κ3) is 3.23. The highest BCUT2D eigenvalue weighted by atomic mass is 16.5. The van der Waals surface area contributed by atoms with Crippen LogP contribution in [0.25, 0.3) is 0 Å². The molecule has 0 aliphatic carbocycles. The lowest BCUT2D eigenvalue weighted by atomic mass is 10.1. The Hall–Kier alpha value is -2.70. The first-order chi connectivity index (χ1) is 11.0. The van der Waals surface area contributed by atoms with Gasteiger partial charge in [-0.2, -0.15) is 5.10 Å². The van der Waals surface area contributed by atoms with Crippen LogP contribution < -0.4 is 19.5 Å². The Balaban J connectivity index is 2.33. The second-order valence-electron chi connectivity index (χ2n) is 4.83. The third-order valence-electron chi connectivity index (χ3n) is 3.58. The van der Waals surface area contributed by atoms with Crippen LogP contribution >= 0.6 is 0 Å². The molecule has 0 aliphatic heterocycles. The van der Waals surface area contributed by atoms with Gasteiger partial charge in [-0.3, -0.25) is 9.48 Å². The first-order valence-corrected chi connectivity index (χ1v) is 7.19. The number of nitrogens with one attached hydrogen (secondary N) is 1. The van der Waals surface area contributed by atoms with Gasteiger partial charge in [-0.05, 0) is 26.0 Å². The number of methoxy groups -OCH3 is 3. The maximum atomic E-state index is 12.5. The summed E-state index contributed by atoms with van der Waals surface area (Å²) in [7, 11) is 4.53. The topological polar surface area (TPSA) is 74.6 Å². The van der Waals surface area contributed by atoms with Gasteiger partial charge in [-0.25, -0.2) is 0 Å². The summed E-state index contributed by atoms with van der Waals surface area (Å²) < 4.78 is 17.6. The summed E-state index contributed by atoms with van der Waals surface area (Å²) in [6.07, 6.45) is 1.63. The lowest BCUT2D eigenvalue weighted by molar-refractivity contribution is 0.102. The number of aromatic nitrogens is 2. The molecular weight excluding hydrogens is 298 g/mol. The largest absolute Gasteiger partial charge is 0.493 e. The van der Waals surface area contributed by atoms with E-state index in [1.807, 2.05) is 18.5 Å². The summed E-state index contributed by atoms with van der Waals surface area (Å²) >= 11 is 0. The fraction of sp³-hybridized carbons (Fsp3) is 0.375. The number of benzene rings is 1. The van der Waals surface area contributed by atoms with Crippen molar-refractivity contribution in [2.75, 3.05) is 26.6 Å². The zero-order valence-electron chi connectivity index (χ0n) is 14.0. The van der Waals surface area contributed by atoms with Crippen molar-refractivity contribution < 1.29 is 19.0 Å². The average Bonchev–Trinajstić information content (AvgIpc) is 2.93. The minimum absolute atomic E-state index is 0.275. The first kappa shape index (κ1) is 16.7. The Morgan fingerprint density at radius 3 is 2.22 bits per heavy atom. The fourth-order valence-electron chi connectivity index (χ4n) is 2.29. The van der Waals surface area contributed by atoms with E-state index >= 15 is 0 Å². The van der Waals surface area contributed by atoms with Crippen LogP contribution in [0.5, 0.6) is 17.2 Å². The highest BCUT2D eigenvalue weighted by molar-refractivity contribution is 6.05. The van der Waals surface area contributed by atoms with E-state index in [9.17, 15) is 4.79 Å². The van der Waals surface area contributed by atoms with Gasteiger partial charge in [0.1, 0.15) is 0 Å². The smallest absolute Gasteiger partial charge is 0.256 e. The molecule has 1 aromatic carbocycles. The van der Waals surface area contributed by atoms with Crippen molar-refractivity contribution in [1.29, 1.82) is 0 Å². The second-order valence-corrected chi connectivity index (χ2v) is 4.83. The highest BCUT2D eigenvalue weighted by Crippen LogP contribution is 2.38. The molecule has 0 bridgehead atoms. The summed E-state index contributed by atoms with van der Waals surface area (Å²) in [4.78, 5) is 12.5. The maximum absolute atomic E-state index is 12.5. The Bertz CT molecular complexity index is 684. The number of carbonyl (C=O) groups is 1. The molecule has 7 heteroatoms. The van der Waals surface area contributed by atoms with Crippen LogP contribution in [0.3, 0.4) is 0 Å². The summed E-state index contributed by atoms with van der Waals surface area (Å²) in [5.41, 5.74) is 1.97. The molecule has 1 aromatic heterocycles. The number of nitrogens with zero attached hydrogens (tertiary/aromatic N) is 2. The highest BCUT2D eigenvalue weighted by Gasteiger charge is 2.18. The molecule has 0 atom stereocenters. The zero-order chi connectivity index (χ0) is 17.0. The van der Waals surface area contributed by atoms with E-state index in [1.54, 1.807) is 18.3 Å². The van der Waals surface area contributed by atoms with Crippen LogP contribution in [0.15, 0.2) is 18.3 Å². The van der Waals surface area contributed by atoms with Crippen LogP contribution in [0.1, 0.15) is 23.0 Å². The molecule has 1 amide bonds. The molecule has 7 nitrogen and oxygen atoms in total. The molecule has 124 valence electrons. The number of hydrogen-bond acceptors (Lipinski definition) is 5. The van der Waals surface area contributed by atoms with Gasteiger partial charge in [0.05, 0.1) is 38.9 Å². The predicted octanol–water partition coefficient (Wildman–Crippen LogP) is 2.49. The van der Waals surface area contributed by atoms with Crippen molar-refractivity contribution in [3.63, 3.8) is 0 Å². The van der Waals surface area contributed by atoms with Gasteiger partial charge in [0, 0.05) is 12.1 Å². The van der Waals surface area contributed by atoms with Gasteiger partial charge in [-0.1, -0.05) is 0 Å². The van der Waals surface area contributed by atoms with Crippen molar-refractivity contribution in [2.24, 2.45) is 0 Å². The molecule has 0 saturated heterocycles. The first-order valence-electron chi connectivity index (χ1n) is 7.19. The molecule has 2 aromatic rings. The summed E-state index contributed by atoms with van der Waals surface area (Å²) in [5, 5.41) is 7.06. The van der Waals surface area contributed by atoms with E-state index < -0.39 is 0 Å². The molecular formula is C16H21N3O4. The van der Waals surface area contributed by atoms with Gasteiger partial charge in [0.25, 0.3) is 5.91 Å². The lowest BCUT2D eigenvalue weighted by Gasteiger charge is -2.14. The van der Waals surface area contributed by atoms with E-state index in [-0.39, 0.29) is 5.91 Å². The van der Waals surface area contributed by atoms with E-state index in [0.29, 0.717) is 28.5 Å². The minimum Gasteiger partial charge on any atom is -0.493 e. The lowest BCUT2D eigenvalue weighted by Crippen LogP contribution is -2.13. The Kier molecular flexibility index (Phi) is 5.10. The monoisotopic (exact) mass is 319 g/mol. The average molecular weight is 319 g/mol. The van der Waals surface area contributed by atoms with Crippen LogP contribution in [-0.2, 0) is 6.54 Å². The molecule has 0 fully saturated rings. The van der Waals surface area contributed by atoms with Crippen molar-refractivity contribution in [2.45, 2.75) is 20.4 Å². The number of ether oxygens (including phenoxy) is 3. The van der Waals surface area contributed by atoms with Gasteiger partial charge in [0.15, 0.2) is 11.5 Å². The van der Waals surface area contributed by atoms with E-state index in [1.165, 1.54) is 21.3 Å². The maximum Gasteiger partial charge on any atom is 0.256 e. The molecule has 1 heterocycles. The molecule has 2 rings (SSSR count). The quantitative estimate of drug-likeness (QED) is 0.885. The third-order valence-corrected chi connectivity index (χ3v) is 3.58. The summed E-state index contributed by atoms with van der Waals surface area (Å²) in [6.45, 7) is 4.64. The van der Waals surface area contributed by atoms with Crippen molar-refractivity contribution in [3.05, 3.63) is 29.6 Å². The molecule has 23 heavy (non-hydrogen) atoms. The molecule has 0 radical (unpaired) electrons. The van der Waals surface area contributed by atoms with Gasteiger partial charge < -0.3 is 19.5 Å². The Morgan fingerprint density at radius 1 is 1.17 bits per heavy atom. The fourth-order valence-corrected chi connectivity index (χ4v) is 2.29. The van der Waals surface area contributed by atoms with Crippen LogP contribution in [0.2, 0.25) is 0 Å². The molecule has 0 saturated carbocycles. The number of amides is 1. The summed E-state index contributed by atoms with van der Waals surface area (Å²) in [5.74, 6) is 1.03. The van der Waals surface area contributed by atoms with Crippen molar-refractivity contribution in [3.8, 4) is 17.2 Å². The predicted molar refractivity (Wildman–Crippen MR) is 86.7 cm³/mol. The second kappa shape index (κ2) is 7.04. The molecule has 0 aliphatic rings. The van der Waals surface area contributed by atoms with Gasteiger partial charge in [0.2, 0.25) is 5.75 Å². The van der Waals surface area contributed by atoms with Crippen LogP contribution in [-0.4, -0.2) is 37.0 Å². The molecule has 1 N–H and O–H groups in total. The SMILES string of the molecule is CCn1ncc(NC(=O)c2cc(OC)c(OC)c(OC)c2)c1C. The van der Waals surface area contributed by atoms with Gasteiger partial charge >= 0.3 is 0 Å². The van der Waals surface area contributed by atoms with Crippen LogP contribution in [0.4, 0.5) is 5.69 Å².